The number of amides is 1. The number of carbonyl (C=O) groups excluding carboxylic acids is 1. The van der Waals surface area contributed by atoms with Gasteiger partial charge in [0.2, 0.25) is 0 Å². The minimum Gasteiger partial charge on any atom is -0.478 e. The van der Waals surface area contributed by atoms with Crippen molar-refractivity contribution in [3.63, 3.8) is 0 Å². The Balaban J connectivity index is 2.08. The Morgan fingerprint density at radius 3 is 2.42 bits per heavy atom. The summed E-state index contributed by atoms with van der Waals surface area (Å²) >= 11 is 0. The summed E-state index contributed by atoms with van der Waals surface area (Å²) in [4.78, 5) is 24.7. The van der Waals surface area contributed by atoms with Crippen LogP contribution in [0.1, 0.15) is 33.6 Å². The van der Waals surface area contributed by atoms with Gasteiger partial charge in [-0.05, 0) is 43.0 Å². The zero-order chi connectivity index (χ0) is 13.8. The molecule has 0 spiro atoms. The van der Waals surface area contributed by atoms with Crippen molar-refractivity contribution >= 4 is 11.9 Å². The summed E-state index contributed by atoms with van der Waals surface area (Å²) < 4.78 is 0. The van der Waals surface area contributed by atoms with Gasteiger partial charge in [0.15, 0.2) is 0 Å². The first-order valence-corrected chi connectivity index (χ1v) is 6.35. The van der Waals surface area contributed by atoms with Gasteiger partial charge < -0.3 is 15.1 Å². The molecule has 1 aromatic rings. The summed E-state index contributed by atoms with van der Waals surface area (Å²) in [5, 5.41) is 18.0. The fourth-order valence-corrected chi connectivity index (χ4v) is 2.34. The molecule has 1 fully saturated rings. The number of aromatic carboxylic acids is 1. The van der Waals surface area contributed by atoms with Gasteiger partial charge in [0.25, 0.3) is 5.91 Å². The highest BCUT2D eigenvalue weighted by Crippen LogP contribution is 2.18. The first-order valence-electron chi connectivity index (χ1n) is 6.35. The van der Waals surface area contributed by atoms with Crippen molar-refractivity contribution in [2.45, 2.75) is 12.8 Å². The number of hydrogen-bond acceptors (Lipinski definition) is 3. The van der Waals surface area contributed by atoms with Gasteiger partial charge in [0.05, 0.1) is 5.56 Å². The molecule has 2 N–H and O–H groups in total. The van der Waals surface area contributed by atoms with Gasteiger partial charge in [-0.2, -0.15) is 0 Å². The molecule has 19 heavy (non-hydrogen) atoms. The number of carboxylic acids is 1. The average Bonchev–Trinajstić information content (AvgIpc) is 2.46. The smallest absolute Gasteiger partial charge is 0.335 e. The molecular weight excluding hydrogens is 246 g/mol. The zero-order valence-electron chi connectivity index (χ0n) is 10.6. The summed E-state index contributed by atoms with van der Waals surface area (Å²) in [6.45, 7) is 1.35. The Bertz CT molecular complexity index is 469. The topological polar surface area (TPSA) is 77.8 Å². The molecule has 1 saturated heterocycles. The van der Waals surface area contributed by atoms with Crippen molar-refractivity contribution in [2.75, 3.05) is 19.7 Å². The zero-order valence-corrected chi connectivity index (χ0v) is 10.6. The first-order chi connectivity index (χ1) is 9.11. The molecule has 5 heteroatoms. The minimum absolute atomic E-state index is 0.0989. The van der Waals surface area contributed by atoms with Crippen LogP contribution in [0, 0.1) is 5.92 Å². The highest BCUT2D eigenvalue weighted by Gasteiger charge is 2.23. The van der Waals surface area contributed by atoms with E-state index in [2.05, 4.69) is 0 Å². The van der Waals surface area contributed by atoms with Crippen molar-refractivity contribution in [1.82, 2.24) is 4.90 Å². The highest BCUT2D eigenvalue weighted by molar-refractivity contribution is 5.95. The average molecular weight is 263 g/mol. The van der Waals surface area contributed by atoms with E-state index in [1.807, 2.05) is 0 Å². The van der Waals surface area contributed by atoms with Crippen LogP contribution in [0.2, 0.25) is 0 Å². The second-order valence-corrected chi connectivity index (χ2v) is 4.82. The van der Waals surface area contributed by atoms with Crippen LogP contribution in [0.15, 0.2) is 24.3 Å². The Morgan fingerprint density at radius 1 is 1.21 bits per heavy atom. The van der Waals surface area contributed by atoms with Gasteiger partial charge in [-0.15, -0.1) is 0 Å². The molecule has 1 aliphatic heterocycles. The summed E-state index contributed by atoms with van der Waals surface area (Å²) in [5.41, 5.74) is 0.659. The molecule has 0 bridgehead atoms. The van der Waals surface area contributed by atoms with Crippen LogP contribution in [0.3, 0.4) is 0 Å². The second-order valence-electron chi connectivity index (χ2n) is 4.82. The maximum Gasteiger partial charge on any atom is 0.335 e. The lowest BCUT2D eigenvalue weighted by atomic mass is 9.98. The molecule has 5 nitrogen and oxygen atoms in total. The third-order valence-electron chi connectivity index (χ3n) is 3.44. The van der Waals surface area contributed by atoms with Crippen LogP contribution in [0.25, 0.3) is 0 Å². The van der Waals surface area contributed by atoms with E-state index in [0.717, 1.165) is 12.8 Å². The molecule has 1 unspecified atom stereocenters. The Kier molecular flexibility index (Phi) is 4.16. The summed E-state index contributed by atoms with van der Waals surface area (Å²) in [6, 6.07) is 5.94. The minimum atomic E-state index is -1.00. The van der Waals surface area contributed by atoms with Gasteiger partial charge >= 0.3 is 5.97 Å². The van der Waals surface area contributed by atoms with Gasteiger partial charge in [-0.3, -0.25) is 4.79 Å². The Labute approximate surface area is 111 Å². The molecule has 0 saturated carbocycles. The number of benzene rings is 1. The largest absolute Gasteiger partial charge is 0.478 e. The predicted molar refractivity (Wildman–Crippen MR) is 69.1 cm³/mol. The second kappa shape index (κ2) is 5.84. The maximum absolute atomic E-state index is 12.2. The first kappa shape index (κ1) is 13.5. The molecule has 1 heterocycles. The quantitative estimate of drug-likeness (QED) is 0.859. The number of carbonyl (C=O) groups is 2. The monoisotopic (exact) mass is 263 g/mol. The molecule has 1 amide bonds. The number of piperidine rings is 1. The number of hydrogen-bond donors (Lipinski definition) is 2. The number of nitrogens with zero attached hydrogens (tertiary/aromatic N) is 1. The summed E-state index contributed by atoms with van der Waals surface area (Å²) in [5.74, 6) is -0.955. The molecule has 0 radical (unpaired) electrons. The standard InChI is InChI=1S/C14H17NO4/c16-9-10-2-1-7-15(8-10)13(17)11-3-5-12(6-4-11)14(18)19/h3-6,10,16H,1-2,7-9H2,(H,18,19). The normalized spacial score (nSPS) is 19.2. The SMILES string of the molecule is O=C(O)c1ccc(C(=O)N2CCCC(CO)C2)cc1. The van der Waals surface area contributed by atoms with Gasteiger partial charge in [-0.25, -0.2) is 4.79 Å². The van der Waals surface area contributed by atoms with Crippen LogP contribution < -0.4 is 0 Å². The number of carboxylic acid groups (broad SMARTS) is 1. The van der Waals surface area contributed by atoms with Crippen molar-refractivity contribution in [3.8, 4) is 0 Å². The third-order valence-corrected chi connectivity index (χ3v) is 3.44. The maximum atomic E-state index is 12.2. The van der Waals surface area contributed by atoms with E-state index in [9.17, 15) is 9.59 Å². The molecule has 0 aromatic heterocycles. The lowest BCUT2D eigenvalue weighted by Gasteiger charge is -2.31. The molecule has 1 atom stereocenters. The van der Waals surface area contributed by atoms with Gasteiger partial charge in [0, 0.05) is 25.3 Å². The van der Waals surface area contributed by atoms with E-state index >= 15 is 0 Å². The van der Waals surface area contributed by atoms with Gasteiger partial charge in [0.1, 0.15) is 0 Å². The van der Waals surface area contributed by atoms with Crippen LogP contribution >= 0.6 is 0 Å². The van der Waals surface area contributed by atoms with Crippen molar-refractivity contribution in [3.05, 3.63) is 35.4 Å². The van der Waals surface area contributed by atoms with E-state index in [4.69, 9.17) is 10.2 Å². The third kappa shape index (κ3) is 3.12. The predicted octanol–water partition coefficient (Wildman–Crippen LogP) is 1.23. The molecule has 1 aromatic carbocycles. The fourth-order valence-electron chi connectivity index (χ4n) is 2.34. The Hall–Kier alpha value is -1.88. The van der Waals surface area contributed by atoms with Crippen molar-refractivity contribution in [1.29, 1.82) is 0 Å². The van der Waals surface area contributed by atoms with E-state index in [-0.39, 0.29) is 24.0 Å². The highest BCUT2D eigenvalue weighted by atomic mass is 16.4. The van der Waals surface area contributed by atoms with E-state index in [1.165, 1.54) is 24.3 Å². The van der Waals surface area contributed by atoms with E-state index in [0.29, 0.717) is 18.7 Å². The van der Waals surface area contributed by atoms with E-state index < -0.39 is 5.97 Å². The molecule has 2 rings (SSSR count). The number of likely N-dealkylation sites (tertiary alicyclic amines) is 1. The Morgan fingerprint density at radius 2 is 1.84 bits per heavy atom. The van der Waals surface area contributed by atoms with E-state index in [1.54, 1.807) is 4.90 Å². The molecular formula is C14H17NO4. The molecule has 1 aliphatic rings. The summed E-state index contributed by atoms with van der Waals surface area (Å²) in [7, 11) is 0. The lowest BCUT2D eigenvalue weighted by molar-refractivity contribution is 0.0618. The number of aliphatic hydroxyl groups excluding tert-OH is 1. The van der Waals surface area contributed by atoms with Crippen LogP contribution in [-0.4, -0.2) is 46.7 Å². The number of aliphatic hydroxyl groups is 1. The summed E-state index contributed by atoms with van der Waals surface area (Å²) in [6.07, 6.45) is 1.84. The molecule has 0 aliphatic carbocycles. The van der Waals surface area contributed by atoms with Gasteiger partial charge in [-0.1, -0.05) is 0 Å². The van der Waals surface area contributed by atoms with Crippen LogP contribution in [0.5, 0.6) is 0 Å². The van der Waals surface area contributed by atoms with Crippen LogP contribution in [-0.2, 0) is 0 Å². The number of rotatable bonds is 3. The van der Waals surface area contributed by atoms with Crippen LogP contribution in [0.4, 0.5) is 0 Å². The lowest BCUT2D eigenvalue weighted by Crippen LogP contribution is -2.40. The fraction of sp³-hybridized carbons (Fsp3) is 0.429. The van der Waals surface area contributed by atoms with Crippen molar-refractivity contribution in [2.24, 2.45) is 5.92 Å². The molecule has 102 valence electrons. The van der Waals surface area contributed by atoms with Crippen molar-refractivity contribution < 1.29 is 19.8 Å².